The summed E-state index contributed by atoms with van der Waals surface area (Å²) in [5, 5.41) is 3.21. The van der Waals surface area contributed by atoms with E-state index < -0.39 is 37.2 Å². The van der Waals surface area contributed by atoms with Gasteiger partial charge in [-0.1, -0.05) is 11.6 Å². The lowest BCUT2D eigenvalue weighted by molar-refractivity contribution is -0.125. The number of nitrogen functional groups attached to an aromatic ring is 1. The molecule has 0 fully saturated rings. The molecule has 3 amide bonds. The van der Waals surface area contributed by atoms with Crippen molar-refractivity contribution >= 4 is 35.2 Å². The zero-order valence-electron chi connectivity index (χ0n) is 11.4. The number of anilines is 1. The zero-order chi connectivity index (χ0) is 17.6. The molecule has 4 N–H and O–H groups in total. The number of halogens is 4. The number of hydrogen-bond donors (Lipinski definition) is 3. The van der Waals surface area contributed by atoms with Crippen molar-refractivity contribution in [1.82, 2.24) is 10.6 Å². The third kappa shape index (κ3) is 6.87. The van der Waals surface area contributed by atoms with Crippen LogP contribution in [0.15, 0.2) is 18.2 Å². The lowest BCUT2D eigenvalue weighted by Crippen LogP contribution is -2.44. The monoisotopic (exact) mass is 353 g/mol. The van der Waals surface area contributed by atoms with Gasteiger partial charge in [0.05, 0.1) is 16.3 Å². The summed E-state index contributed by atoms with van der Waals surface area (Å²) in [5.41, 5.74) is 5.62. The van der Waals surface area contributed by atoms with Crippen molar-refractivity contribution in [2.45, 2.75) is 6.18 Å². The molecule has 0 aromatic heterocycles. The smallest absolute Gasteiger partial charge is 0.405 e. The largest absolute Gasteiger partial charge is 0.452 e. The van der Waals surface area contributed by atoms with Crippen LogP contribution in [0.2, 0.25) is 5.02 Å². The molecule has 23 heavy (non-hydrogen) atoms. The van der Waals surface area contributed by atoms with Gasteiger partial charge in [0.25, 0.3) is 5.91 Å². The number of amides is 3. The number of ether oxygens (including phenoxy) is 1. The number of esters is 1. The molecule has 7 nitrogen and oxygen atoms in total. The van der Waals surface area contributed by atoms with Crippen LogP contribution < -0.4 is 16.4 Å². The van der Waals surface area contributed by atoms with E-state index in [1.54, 1.807) is 5.32 Å². The summed E-state index contributed by atoms with van der Waals surface area (Å²) in [6, 6.07) is 2.50. The molecule has 0 bridgehead atoms. The average molecular weight is 354 g/mol. The number of carbonyl (C=O) groups excluding carboxylic acids is 3. The van der Waals surface area contributed by atoms with Gasteiger partial charge in [0.15, 0.2) is 6.61 Å². The molecular weight excluding hydrogens is 343 g/mol. The standard InChI is InChI=1S/C12H11ClF3N3O4/c13-7-2-1-6(3-8(7)17)10(21)23-4-9(20)19-11(22)18-5-12(14,15)16/h1-3H,4-5,17H2,(H2,18,19,20,22). The molecule has 0 saturated carbocycles. The van der Waals surface area contributed by atoms with Crippen LogP contribution in [0.3, 0.4) is 0 Å². The Hall–Kier alpha value is -2.49. The van der Waals surface area contributed by atoms with E-state index in [9.17, 15) is 27.6 Å². The van der Waals surface area contributed by atoms with Crippen molar-refractivity contribution < 1.29 is 32.3 Å². The Morgan fingerprint density at radius 3 is 2.48 bits per heavy atom. The molecule has 0 heterocycles. The van der Waals surface area contributed by atoms with Gasteiger partial charge in [-0.25, -0.2) is 9.59 Å². The van der Waals surface area contributed by atoms with Crippen LogP contribution in [0.1, 0.15) is 10.4 Å². The molecule has 1 rings (SSSR count). The Labute approximate surface area is 132 Å². The van der Waals surface area contributed by atoms with E-state index in [0.29, 0.717) is 0 Å². The number of urea groups is 1. The van der Waals surface area contributed by atoms with Gasteiger partial charge in [0.2, 0.25) is 0 Å². The number of hydrogen-bond acceptors (Lipinski definition) is 5. The van der Waals surface area contributed by atoms with Crippen molar-refractivity contribution in [3.05, 3.63) is 28.8 Å². The number of alkyl halides is 3. The van der Waals surface area contributed by atoms with Crippen LogP contribution in [-0.2, 0) is 9.53 Å². The third-order valence-electron chi connectivity index (χ3n) is 2.27. The number of benzene rings is 1. The van der Waals surface area contributed by atoms with Gasteiger partial charge in [-0.05, 0) is 18.2 Å². The summed E-state index contributed by atoms with van der Waals surface area (Å²) in [7, 11) is 0. The Morgan fingerprint density at radius 1 is 1.26 bits per heavy atom. The van der Waals surface area contributed by atoms with Crippen LogP contribution in [0, 0.1) is 0 Å². The molecule has 0 atom stereocenters. The van der Waals surface area contributed by atoms with Crippen LogP contribution in [0.25, 0.3) is 0 Å². The Balaban J connectivity index is 2.42. The molecule has 0 unspecified atom stereocenters. The first-order valence-corrected chi connectivity index (χ1v) is 6.33. The highest BCUT2D eigenvalue weighted by Crippen LogP contribution is 2.19. The zero-order valence-corrected chi connectivity index (χ0v) is 12.1. The van der Waals surface area contributed by atoms with Crippen LogP contribution in [0.5, 0.6) is 0 Å². The van der Waals surface area contributed by atoms with E-state index in [0.717, 1.165) is 0 Å². The predicted octanol–water partition coefficient (Wildman–Crippen LogP) is 1.47. The highest BCUT2D eigenvalue weighted by molar-refractivity contribution is 6.33. The van der Waals surface area contributed by atoms with Gasteiger partial charge in [-0.3, -0.25) is 10.1 Å². The number of carbonyl (C=O) groups is 3. The topological polar surface area (TPSA) is 111 Å². The molecule has 0 spiro atoms. The van der Waals surface area contributed by atoms with Crippen molar-refractivity contribution in [3.8, 4) is 0 Å². The molecule has 1 aromatic carbocycles. The summed E-state index contributed by atoms with van der Waals surface area (Å²) >= 11 is 5.67. The minimum atomic E-state index is -4.61. The fourth-order valence-corrected chi connectivity index (χ4v) is 1.39. The lowest BCUT2D eigenvalue weighted by Gasteiger charge is -2.09. The number of rotatable bonds is 4. The SMILES string of the molecule is Nc1cc(C(=O)OCC(=O)NC(=O)NCC(F)(F)F)ccc1Cl. The number of imide groups is 1. The molecule has 0 radical (unpaired) electrons. The lowest BCUT2D eigenvalue weighted by atomic mass is 10.2. The molecule has 0 aliphatic heterocycles. The highest BCUT2D eigenvalue weighted by atomic mass is 35.5. The fourth-order valence-electron chi connectivity index (χ4n) is 1.27. The maximum atomic E-state index is 11.8. The second kappa shape index (κ2) is 7.68. The van der Waals surface area contributed by atoms with Crippen molar-refractivity contribution in [2.24, 2.45) is 0 Å². The van der Waals surface area contributed by atoms with Gasteiger partial charge >= 0.3 is 18.2 Å². The van der Waals surface area contributed by atoms with Crippen molar-refractivity contribution in [1.29, 1.82) is 0 Å². The second-order valence-corrected chi connectivity index (χ2v) is 4.57. The minimum Gasteiger partial charge on any atom is -0.452 e. The van der Waals surface area contributed by atoms with Gasteiger partial charge in [0.1, 0.15) is 6.54 Å². The molecule has 1 aromatic rings. The van der Waals surface area contributed by atoms with Crippen LogP contribution >= 0.6 is 11.6 Å². The van der Waals surface area contributed by atoms with Crippen LogP contribution in [0.4, 0.5) is 23.7 Å². The first-order chi connectivity index (χ1) is 10.6. The van der Waals surface area contributed by atoms with Gasteiger partial charge in [0, 0.05) is 0 Å². The summed E-state index contributed by atoms with van der Waals surface area (Å²) in [4.78, 5) is 33.8. The third-order valence-corrected chi connectivity index (χ3v) is 2.61. The van der Waals surface area contributed by atoms with E-state index in [2.05, 4.69) is 4.74 Å². The van der Waals surface area contributed by atoms with E-state index in [1.807, 2.05) is 0 Å². The summed E-state index contributed by atoms with van der Waals surface area (Å²) < 4.78 is 40.1. The first-order valence-electron chi connectivity index (χ1n) is 5.95. The van der Waals surface area contributed by atoms with Crippen LogP contribution in [-0.4, -0.2) is 37.2 Å². The van der Waals surface area contributed by atoms with Gasteiger partial charge in [-0.15, -0.1) is 0 Å². The van der Waals surface area contributed by atoms with Crippen molar-refractivity contribution in [2.75, 3.05) is 18.9 Å². The first kappa shape index (κ1) is 18.6. The van der Waals surface area contributed by atoms with E-state index in [1.165, 1.54) is 23.5 Å². The maximum absolute atomic E-state index is 11.8. The number of nitrogens with two attached hydrogens (primary N) is 1. The molecule has 11 heteroatoms. The normalized spacial score (nSPS) is 10.8. The molecule has 0 saturated heterocycles. The Bertz CT molecular complexity index is 622. The van der Waals surface area contributed by atoms with E-state index >= 15 is 0 Å². The maximum Gasteiger partial charge on any atom is 0.405 e. The Morgan fingerprint density at radius 2 is 1.91 bits per heavy atom. The Kier molecular flexibility index (Phi) is 6.19. The van der Waals surface area contributed by atoms with E-state index in [4.69, 9.17) is 17.3 Å². The number of nitrogens with one attached hydrogen (secondary N) is 2. The average Bonchev–Trinajstić information content (AvgIpc) is 2.45. The van der Waals surface area contributed by atoms with Gasteiger partial charge in [-0.2, -0.15) is 13.2 Å². The summed E-state index contributed by atoms with van der Waals surface area (Å²) in [6.07, 6.45) is -4.61. The van der Waals surface area contributed by atoms with Gasteiger partial charge < -0.3 is 15.8 Å². The second-order valence-electron chi connectivity index (χ2n) is 4.16. The molecule has 0 aliphatic rings. The molecule has 126 valence electrons. The minimum absolute atomic E-state index is 0.0150. The fraction of sp³-hybridized carbons (Fsp3) is 0.250. The summed E-state index contributed by atoms with van der Waals surface area (Å²) in [5.74, 6) is -2.01. The highest BCUT2D eigenvalue weighted by Gasteiger charge is 2.28. The van der Waals surface area contributed by atoms with Crippen molar-refractivity contribution in [3.63, 3.8) is 0 Å². The molecular formula is C12H11ClF3N3O4. The quantitative estimate of drug-likeness (QED) is 0.560. The summed E-state index contributed by atoms with van der Waals surface area (Å²) in [6.45, 7) is -2.46. The predicted molar refractivity (Wildman–Crippen MR) is 73.7 cm³/mol. The molecule has 0 aliphatic carbocycles. The van der Waals surface area contributed by atoms with E-state index in [-0.39, 0.29) is 16.3 Å².